The van der Waals surface area contributed by atoms with Crippen LogP contribution in [-0.4, -0.2) is 63.4 Å². The second kappa shape index (κ2) is 7.13. The first kappa shape index (κ1) is 16.8. The zero-order valence-electron chi connectivity index (χ0n) is 13.3. The Hall–Kier alpha value is -1.57. The van der Waals surface area contributed by atoms with Gasteiger partial charge in [0.15, 0.2) is 6.29 Å². The van der Waals surface area contributed by atoms with E-state index in [-0.39, 0.29) is 11.9 Å². The van der Waals surface area contributed by atoms with E-state index in [1.807, 2.05) is 13.8 Å². The van der Waals surface area contributed by atoms with Crippen molar-refractivity contribution in [1.82, 2.24) is 20.2 Å². The molecule has 1 aromatic heterocycles. The van der Waals surface area contributed by atoms with Gasteiger partial charge in [-0.1, -0.05) is 0 Å². The molecule has 7 nitrogen and oxygen atoms in total. The maximum absolute atomic E-state index is 12.2. The number of hydrogen-bond donors (Lipinski definition) is 2. The molecule has 1 aliphatic heterocycles. The molecule has 2 rings (SSSR count). The molecule has 0 saturated carbocycles. The van der Waals surface area contributed by atoms with E-state index in [0.29, 0.717) is 25.3 Å². The van der Waals surface area contributed by atoms with Gasteiger partial charge in [-0.3, -0.25) is 14.7 Å². The SMILES string of the molecule is CC1CC(O)OCCN1CC(C)(C)NC(=O)c1cnccn1. The Bertz CT molecular complexity index is 495. The molecule has 0 bridgehead atoms. The molecular formula is C15H24N4O3. The number of nitrogens with one attached hydrogen (secondary N) is 1. The van der Waals surface area contributed by atoms with Crippen LogP contribution in [0.4, 0.5) is 0 Å². The van der Waals surface area contributed by atoms with Crippen molar-refractivity contribution in [2.75, 3.05) is 19.7 Å². The van der Waals surface area contributed by atoms with Crippen LogP contribution in [0.1, 0.15) is 37.7 Å². The van der Waals surface area contributed by atoms with Crippen molar-refractivity contribution in [3.63, 3.8) is 0 Å². The molecule has 1 amide bonds. The molecule has 1 fully saturated rings. The van der Waals surface area contributed by atoms with E-state index in [9.17, 15) is 9.90 Å². The average Bonchev–Trinajstić information content (AvgIpc) is 2.60. The normalized spacial score (nSPS) is 23.8. The van der Waals surface area contributed by atoms with Gasteiger partial charge in [0, 0.05) is 43.5 Å². The Labute approximate surface area is 130 Å². The Balaban J connectivity index is 1.96. The first-order valence-corrected chi connectivity index (χ1v) is 7.49. The number of hydrogen-bond acceptors (Lipinski definition) is 6. The topological polar surface area (TPSA) is 87.6 Å². The smallest absolute Gasteiger partial charge is 0.271 e. The Morgan fingerprint density at radius 2 is 2.32 bits per heavy atom. The highest BCUT2D eigenvalue weighted by atomic mass is 16.6. The van der Waals surface area contributed by atoms with Crippen molar-refractivity contribution >= 4 is 5.91 Å². The van der Waals surface area contributed by atoms with Gasteiger partial charge in [0.2, 0.25) is 0 Å². The lowest BCUT2D eigenvalue weighted by Crippen LogP contribution is -2.53. The number of rotatable bonds is 4. The predicted molar refractivity (Wildman–Crippen MR) is 81.2 cm³/mol. The number of aromatic nitrogens is 2. The highest BCUT2D eigenvalue weighted by Crippen LogP contribution is 2.16. The minimum Gasteiger partial charge on any atom is -0.368 e. The second-order valence-corrected chi connectivity index (χ2v) is 6.31. The zero-order chi connectivity index (χ0) is 16.2. The molecule has 0 aliphatic carbocycles. The van der Waals surface area contributed by atoms with E-state index in [2.05, 4.69) is 27.1 Å². The fourth-order valence-electron chi connectivity index (χ4n) is 2.61. The summed E-state index contributed by atoms with van der Waals surface area (Å²) in [5.74, 6) is -0.239. The molecular weight excluding hydrogens is 284 g/mol. The number of ether oxygens (including phenoxy) is 1. The monoisotopic (exact) mass is 308 g/mol. The van der Waals surface area contributed by atoms with Crippen molar-refractivity contribution < 1.29 is 14.6 Å². The Morgan fingerprint density at radius 3 is 3.00 bits per heavy atom. The van der Waals surface area contributed by atoms with Crippen LogP contribution in [0.3, 0.4) is 0 Å². The van der Waals surface area contributed by atoms with Crippen LogP contribution < -0.4 is 5.32 Å². The standard InChI is InChI=1S/C15H24N4O3/c1-11-8-13(20)22-7-6-19(11)10-15(2,3)18-14(21)12-9-16-4-5-17-12/h4-5,9,11,13,20H,6-8,10H2,1-3H3,(H,18,21). The molecule has 22 heavy (non-hydrogen) atoms. The average molecular weight is 308 g/mol. The van der Waals surface area contributed by atoms with E-state index in [1.165, 1.54) is 18.6 Å². The third kappa shape index (κ3) is 4.72. The molecule has 1 aliphatic rings. The minimum atomic E-state index is -0.711. The number of aliphatic hydroxyl groups excluding tert-OH is 1. The van der Waals surface area contributed by atoms with Crippen LogP contribution in [-0.2, 0) is 4.74 Å². The van der Waals surface area contributed by atoms with Crippen molar-refractivity contribution in [3.05, 3.63) is 24.3 Å². The molecule has 7 heteroatoms. The second-order valence-electron chi connectivity index (χ2n) is 6.31. The van der Waals surface area contributed by atoms with Crippen LogP contribution in [0.2, 0.25) is 0 Å². The number of nitrogens with zero attached hydrogens (tertiary/aromatic N) is 3. The molecule has 2 atom stereocenters. The lowest BCUT2D eigenvalue weighted by atomic mass is 10.0. The van der Waals surface area contributed by atoms with Crippen molar-refractivity contribution in [1.29, 1.82) is 0 Å². The molecule has 1 saturated heterocycles. The van der Waals surface area contributed by atoms with Gasteiger partial charge in [-0.05, 0) is 20.8 Å². The third-order valence-corrected chi connectivity index (χ3v) is 3.70. The van der Waals surface area contributed by atoms with Crippen molar-refractivity contribution in [2.24, 2.45) is 0 Å². The van der Waals surface area contributed by atoms with Crippen molar-refractivity contribution in [2.45, 2.75) is 45.1 Å². The summed E-state index contributed by atoms with van der Waals surface area (Å²) >= 11 is 0. The van der Waals surface area contributed by atoms with Crippen molar-refractivity contribution in [3.8, 4) is 0 Å². The lowest BCUT2D eigenvalue weighted by Gasteiger charge is -2.35. The molecule has 2 unspecified atom stereocenters. The van der Waals surface area contributed by atoms with Gasteiger partial charge >= 0.3 is 0 Å². The van der Waals surface area contributed by atoms with Gasteiger partial charge in [-0.2, -0.15) is 0 Å². The molecule has 2 N–H and O–H groups in total. The van der Waals surface area contributed by atoms with E-state index in [1.54, 1.807) is 0 Å². The van der Waals surface area contributed by atoms with Gasteiger partial charge in [0.05, 0.1) is 12.8 Å². The highest BCUT2D eigenvalue weighted by Gasteiger charge is 2.29. The van der Waals surface area contributed by atoms with Crippen LogP contribution in [0.5, 0.6) is 0 Å². The summed E-state index contributed by atoms with van der Waals surface area (Å²) in [5.41, 5.74) is -0.128. The molecule has 0 aromatic carbocycles. The van der Waals surface area contributed by atoms with E-state index in [0.717, 1.165) is 6.54 Å². The first-order chi connectivity index (χ1) is 10.4. The summed E-state index contributed by atoms with van der Waals surface area (Å²) in [6.45, 7) is 7.86. The summed E-state index contributed by atoms with van der Waals surface area (Å²) < 4.78 is 5.28. The predicted octanol–water partition coefficient (Wildman–Crippen LogP) is 0.414. The molecule has 122 valence electrons. The van der Waals surface area contributed by atoms with E-state index >= 15 is 0 Å². The summed E-state index contributed by atoms with van der Waals surface area (Å²) in [6, 6.07) is 0.185. The van der Waals surface area contributed by atoms with Gasteiger partial charge in [0.25, 0.3) is 5.91 Å². The van der Waals surface area contributed by atoms with Crippen LogP contribution in [0.15, 0.2) is 18.6 Å². The van der Waals surface area contributed by atoms with Gasteiger partial charge < -0.3 is 15.2 Å². The Morgan fingerprint density at radius 1 is 1.55 bits per heavy atom. The highest BCUT2D eigenvalue weighted by molar-refractivity contribution is 5.92. The minimum absolute atomic E-state index is 0.185. The number of amides is 1. The van der Waals surface area contributed by atoms with Crippen LogP contribution in [0, 0.1) is 0 Å². The molecule has 0 radical (unpaired) electrons. The molecule has 2 heterocycles. The van der Waals surface area contributed by atoms with Gasteiger partial charge in [-0.15, -0.1) is 0 Å². The summed E-state index contributed by atoms with van der Waals surface area (Å²) in [5, 5.41) is 12.6. The van der Waals surface area contributed by atoms with Gasteiger partial charge in [0.1, 0.15) is 5.69 Å². The van der Waals surface area contributed by atoms with Crippen LogP contribution in [0.25, 0.3) is 0 Å². The summed E-state index contributed by atoms with van der Waals surface area (Å²) in [4.78, 5) is 22.3. The lowest BCUT2D eigenvalue weighted by molar-refractivity contribution is -0.0944. The quantitative estimate of drug-likeness (QED) is 0.838. The molecule has 1 aromatic rings. The largest absolute Gasteiger partial charge is 0.368 e. The maximum Gasteiger partial charge on any atom is 0.271 e. The first-order valence-electron chi connectivity index (χ1n) is 7.49. The zero-order valence-corrected chi connectivity index (χ0v) is 13.3. The number of carbonyl (C=O) groups excluding carboxylic acids is 1. The Kier molecular flexibility index (Phi) is 5.44. The summed E-state index contributed by atoms with van der Waals surface area (Å²) in [6.07, 6.45) is 4.33. The maximum atomic E-state index is 12.2. The van der Waals surface area contributed by atoms with Gasteiger partial charge in [-0.25, -0.2) is 4.98 Å². The fraction of sp³-hybridized carbons (Fsp3) is 0.667. The fourth-order valence-corrected chi connectivity index (χ4v) is 2.61. The number of carbonyl (C=O) groups is 1. The summed E-state index contributed by atoms with van der Waals surface area (Å²) in [7, 11) is 0. The number of aliphatic hydroxyl groups is 1. The van der Waals surface area contributed by atoms with E-state index in [4.69, 9.17) is 4.74 Å². The molecule has 0 spiro atoms. The van der Waals surface area contributed by atoms with Crippen LogP contribution >= 0.6 is 0 Å². The van der Waals surface area contributed by atoms with E-state index < -0.39 is 11.8 Å². The third-order valence-electron chi connectivity index (χ3n) is 3.70.